The molecule has 0 atom stereocenters. The van der Waals surface area contributed by atoms with Gasteiger partial charge in [-0.05, 0) is 43.3 Å². The summed E-state index contributed by atoms with van der Waals surface area (Å²) in [6.07, 6.45) is 0. The maximum atomic E-state index is 13.2. The maximum Gasteiger partial charge on any atom is 0.265 e. The molecule has 2 aromatic carbocycles. The Bertz CT molecular complexity index is 1310. The third kappa shape index (κ3) is 4.17. The van der Waals surface area contributed by atoms with E-state index in [1.54, 1.807) is 34.2 Å². The monoisotopic (exact) mass is 446 g/mol. The van der Waals surface area contributed by atoms with E-state index in [9.17, 15) is 9.59 Å². The quantitative estimate of drug-likeness (QED) is 0.483. The van der Waals surface area contributed by atoms with Crippen LogP contribution in [0.3, 0.4) is 0 Å². The molecule has 2 aromatic heterocycles. The number of carbonyl (C=O) groups excluding carboxylic acids is 2. The van der Waals surface area contributed by atoms with E-state index in [-0.39, 0.29) is 11.8 Å². The second kappa shape index (κ2) is 8.76. The number of ether oxygens (including phenoxy) is 1. The van der Waals surface area contributed by atoms with Gasteiger partial charge < -0.3 is 9.64 Å². The molecule has 0 spiro atoms. The molecule has 32 heavy (non-hydrogen) atoms. The fourth-order valence-corrected chi connectivity index (χ4v) is 4.27. The highest BCUT2D eigenvalue weighted by Crippen LogP contribution is 2.28. The highest BCUT2D eigenvalue weighted by Gasteiger charge is 2.20. The molecule has 162 valence electrons. The zero-order valence-electron chi connectivity index (χ0n) is 18.2. The molecule has 0 bridgehead atoms. The number of para-hydroxylation sites is 1. The van der Waals surface area contributed by atoms with Crippen molar-refractivity contribution in [1.29, 1.82) is 0 Å². The van der Waals surface area contributed by atoms with Crippen LogP contribution in [-0.2, 0) is 0 Å². The van der Waals surface area contributed by atoms with Gasteiger partial charge in [0.2, 0.25) is 0 Å². The van der Waals surface area contributed by atoms with Crippen molar-refractivity contribution in [3.05, 3.63) is 70.7 Å². The Kier molecular flexibility index (Phi) is 5.87. The molecular weight excluding hydrogens is 424 g/mol. The Labute approximate surface area is 189 Å². The average Bonchev–Trinajstić information content (AvgIpc) is 3.17. The number of methoxy groups -OCH3 is 1. The topological polar surface area (TPSA) is 84.4 Å². The molecule has 0 saturated carbocycles. The third-order valence-corrected chi connectivity index (χ3v) is 6.02. The normalized spacial score (nSPS) is 10.8. The third-order valence-electron chi connectivity index (χ3n) is 4.96. The van der Waals surface area contributed by atoms with E-state index in [2.05, 4.69) is 10.3 Å². The Hall–Kier alpha value is -3.78. The summed E-state index contributed by atoms with van der Waals surface area (Å²) in [6.45, 7) is 1.76. The first-order valence-electron chi connectivity index (χ1n) is 9.92. The molecule has 0 aliphatic heterocycles. The number of anilines is 1. The van der Waals surface area contributed by atoms with E-state index >= 15 is 0 Å². The van der Waals surface area contributed by atoms with Crippen molar-refractivity contribution >= 4 is 39.2 Å². The number of hydrogen-bond acceptors (Lipinski definition) is 6. The predicted octanol–water partition coefficient (Wildman–Crippen LogP) is 4.63. The number of carbonyl (C=O) groups is 2. The van der Waals surface area contributed by atoms with Gasteiger partial charge in [-0.3, -0.25) is 14.9 Å². The number of rotatable bonds is 5. The van der Waals surface area contributed by atoms with Gasteiger partial charge in [0.1, 0.15) is 10.6 Å². The van der Waals surface area contributed by atoms with E-state index in [0.717, 1.165) is 16.7 Å². The lowest BCUT2D eigenvalue weighted by Gasteiger charge is -2.10. The van der Waals surface area contributed by atoms with Crippen molar-refractivity contribution in [3.63, 3.8) is 0 Å². The predicted molar refractivity (Wildman–Crippen MR) is 127 cm³/mol. The molecule has 2 heterocycles. The number of nitrogens with zero attached hydrogens (tertiary/aromatic N) is 3. The van der Waals surface area contributed by atoms with Crippen molar-refractivity contribution in [2.24, 2.45) is 0 Å². The zero-order valence-corrected chi connectivity index (χ0v) is 19.0. The number of thiazole rings is 1. The number of amides is 2. The highest BCUT2D eigenvalue weighted by atomic mass is 32.1. The summed E-state index contributed by atoms with van der Waals surface area (Å²) in [5.41, 5.74) is 3.33. The smallest absolute Gasteiger partial charge is 0.265 e. The van der Waals surface area contributed by atoms with Gasteiger partial charge in [0, 0.05) is 25.0 Å². The van der Waals surface area contributed by atoms with Crippen LogP contribution in [0.25, 0.3) is 22.2 Å². The molecule has 0 aliphatic carbocycles. The van der Waals surface area contributed by atoms with Crippen molar-refractivity contribution in [2.45, 2.75) is 6.92 Å². The lowest BCUT2D eigenvalue weighted by molar-refractivity contribution is 0.0831. The van der Waals surface area contributed by atoms with Crippen molar-refractivity contribution in [3.8, 4) is 17.0 Å². The van der Waals surface area contributed by atoms with Crippen LogP contribution in [0.5, 0.6) is 5.75 Å². The van der Waals surface area contributed by atoms with Gasteiger partial charge in [-0.1, -0.05) is 29.5 Å². The molecule has 0 aliphatic rings. The summed E-state index contributed by atoms with van der Waals surface area (Å²) in [5.74, 6) is 0.294. The molecule has 0 fully saturated rings. The Balaban J connectivity index is 1.72. The fraction of sp³-hybridized carbons (Fsp3) is 0.167. The van der Waals surface area contributed by atoms with Crippen molar-refractivity contribution in [2.75, 3.05) is 26.5 Å². The Morgan fingerprint density at radius 1 is 1.03 bits per heavy atom. The number of fused-ring (bicyclic) bond motifs is 1. The van der Waals surface area contributed by atoms with Crippen molar-refractivity contribution < 1.29 is 14.3 Å². The Morgan fingerprint density at radius 2 is 1.75 bits per heavy atom. The van der Waals surface area contributed by atoms with Gasteiger partial charge in [-0.2, -0.15) is 0 Å². The number of aromatic nitrogens is 2. The molecule has 7 nitrogen and oxygen atoms in total. The summed E-state index contributed by atoms with van der Waals surface area (Å²) < 4.78 is 5.23. The second-order valence-electron chi connectivity index (χ2n) is 7.39. The number of aryl methyl sites for hydroxylation is 1. The molecule has 2 amide bonds. The van der Waals surface area contributed by atoms with Crippen LogP contribution in [0, 0.1) is 6.92 Å². The van der Waals surface area contributed by atoms with Crippen LogP contribution >= 0.6 is 11.3 Å². The molecular formula is C24H22N4O3S. The summed E-state index contributed by atoms with van der Waals surface area (Å²) in [7, 11) is 4.98. The van der Waals surface area contributed by atoms with Gasteiger partial charge in [0.25, 0.3) is 11.8 Å². The number of benzene rings is 2. The van der Waals surface area contributed by atoms with Crippen LogP contribution in [0.15, 0.2) is 54.6 Å². The highest BCUT2D eigenvalue weighted by molar-refractivity contribution is 7.17. The molecule has 1 N–H and O–H groups in total. The van der Waals surface area contributed by atoms with E-state index in [4.69, 9.17) is 9.72 Å². The molecule has 4 aromatic rings. The van der Waals surface area contributed by atoms with E-state index in [0.29, 0.717) is 32.5 Å². The lowest BCUT2D eigenvalue weighted by atomic mass is 10.0. The summed E-state index contributed by atoms with van der Waals surface area (Å²) >= 11 is 1.17. The number of hydrogen-bond donors (Lipinski definition) is 1. The van der Waals surface area contributed by atoms with Crippen LogP contribution < -0.4 is 10.1 Å². The zero-order chi connectivity index (χ0) is 22.8. The number of pyridine rings is 1. The number of nitrogens with one attached hydrogen (secondary N) is 1. The second-order valence-corrected chi connectivity index (χ2v) is 8.39. The van der Waals surface area contributed by atoms with Gasteiger partial charge in [0.05, 0.1) is 29.6 Å². The molecule has 4 rings (SSSR count). The van der Waals surface area contributed by atoms with E-state index in [1.807, 2.05) is 48.5 Å². The minimum absolute atomic E-state index is 0.142. The van der Waals surface area contributed by atoms with Crippen LogP contribution in [0.4, 0.5) is 5.13 Å². The minimum Gasteiger partial charge on any atom is -0.497 e. The molecule has 0 saturated heterocycles. The molecule has 0 unspecified atom stereocenters. The summed E-state index contributed by atoms with van der Waals surface area (Å²) in [6, 6.07) is 16.8. The van der Waals surface area contributed by atoms with Gasteiger partial charge in [-0.15, -0.1) is 0 Å². The Morgan fingerprint density at radius 3 is 2.44 bits per heavy atom. The van der Waals surface area contributed by atoms with Crippen LogP contribution in [0.2, 0.25) is 0 Å². The van der Waals surface area contributed by atoms with E-state index < -0.39 is 0 Å². The van der Waals surface area contributed by atoms with Gasteiger partial charge in [-0.25, -0.2) is 9.97 Å². The minimum atomic E-state index is -0.309. The summed E-state index contributed by atoms with van der Waals surface area (Å²) in [5, 5.41) is 3.97. The maximum absolute atomic E-state index is 13.2. The fourth-order valence-electron chi connectivity index (χ4n) is 3.29. The SMILES string of the molecule is COc1ccc(-c2cc(C(=O)Nc3nc(C)c(C(=O)N(C)C)s3)c3ccccc3n2)cc1. The first kappa shape index (κ1) is 21.5. The molecule has 8 heteroatoms. The average molecular weight is 447 g/mol. The standard InChI is InChI=1S/C24H22N4O3S/c1-14-21(23(30)28(2)3)32-24(25-14)27-22(29)18-13-20(15-9-11-16(31-4)12-10-15)26-19-8-6-5-7-17(18)19/h5-13H,1-4H3,(H,25,27,29). The first-order chi connectivity index (χ1) is 15.4. The van der Waals surface area contributed by atoms with E-state index in [1.165, 1.54) is 16.2 Å². The van der Waals surface area contributed by atoms with Gasteiger partial charge in [0.15, 0.2) is 5.13 Å². The largest absolute Gasteiger partial charge is 0.497 e. The molecule has 0 radical (unpaired) electrons. The van der Waals surface area contributed by atoms with Crippen LogP contribution in [-0.4, -0.2) is 47.9 Å². The first-order valence-corrected chi connectivity index (χ1v) is 10.7. The lowest BCUT2D eigenvalue weighted by Crippen LogP contribution is -2.21. The van der Waals surface area contributed by atoms with Crippen molar-refractivity contribution in [1.82, 2.24) is 14.9 Å². The summed E-state index contributed by atoms with van der Waals surface area (Å²) in [4.78, 5) is 36.7. The van der Waals surface area contributed by atoms with Gasteiger partial charge >= 0.3 is 0 Å². The van der Waals surface area contributed by atoms with Crippen LogP contribution in [0.1, 0.15) is 25.7 Å².